The van der Waals surface area contributed by atoms with Crippen LogP contribution < -0.4 is 5.32 Å². The Morgan fingerprint density at radius 3 is 1.91 bits per heavy atom. The predicted molar refractivity (Wildman–Crippen MR) is 76.0 cm³/mol. The van der Waals surface area contributed by atoms with E-state index in [0.717, 1.165) is 0 Å². The van der Waals surface area contributed by atoms with E-state index in [0.29, 0.717) is 0 Å². The van der Waals surface area contributed by atoms with Gasteiger partial charge in [0.15, 0.2) is 0 Å². The largest absolute Gasteiger partial charge is 0.462 e. The fourth-order valence-corrected chi connectivity index (χ4v) is 1.74. The van der Waals surface area contributed by atoms with E-state index in [9.17, 15) is 14.4 Å². The maximum Gasteiger partial charge on any atom is 0.413 e. The van der Waals surface area contributed by atoms with Crippen LogP contribution in [-0.2, 0) is 14.2 Å². The summed E-state index contributed by atoms with van der Waals surface area (Å²) in [6, 6.07) is 0. The van der Waals surface area contributed by atoms with Gasteiger partial charge in [-0.25, -0.2) is 14.4 Å². The van der Waals surface area contributed by atoms with Crippen LogP contribution in [0.25, 0.3) is 0 Å². The molecule has 0 aliphatic carbocycles. The van der Waals surface area contributed by atoms with Crippen molar-refractivity contribution in [2.45, 2.75) is 27.7 Å². The summed E-state index contributed by atoms with van der Waals surface area (Å²) in [6.45, 7) is 6.73. The van der Waals surface area contributed by atoms with Gasteiger partial charge in [0.05, 0.1) is 19.8 Å². The zero-order valence-corrected chi connectivity index (χ0v) is 13.0. The molecule has 1 aromatic rings. The zero-order chi connectivity index (χ0) is 16.7. The van der Waals surface area contributed by atoms with Gasteiger partial charge < -0.3 is 18.6 Å². The lowest BCUT2D eigenvalue weighted by atomic mass is 10.1. The summed E-state index contributed by atoms with van der Waals surface area (Å²) in [7, 11) is 0. The minimum atomic E-state index is -0.808. The number of esters is 2. The van der Waals surface area contributed by atoms with Gasteiger partial charge in [-0.1, -0.05) is 0 Å². The van der Waals surface area contributed by atoms with Crippen LogP contribution in [0.4, 0.5) is 10.7 Å². The SMILES string of the molecule is CCOC(=O)Nc1oc(C)c(C(=O)OCC)c1C(=O)OCC. The van der Waals surface area contributed by atoms with Crippen LogP contribution in [0.2, 0.25) is 0 Å². The second-order valence-corrected chi connectivity index (χ2v) is 4.02. The monoisotopic (exact) mass is 313 g/mol. The highest BCUT2D eigenvalue weighted by Gasteiger charge is 2.31. The van der Waals surface area contributed by atoms with Gasteiger partial charge in [-0.2, -0.15) is 0 Å². The maximum absolute atomic E-state index is 12.1. The van der Waals surface area contributed by atoms with Crippen molar-refractivity contribution >= 4 is 23.9 Å². The van der Waals surface area contributed by atoms with Crippen LogP contribution in [0, 0.1) is 6.92 Å². The molecule has 0 fully saturated rings. The number of rotatable bonds is 6. The first kappa shape index (κ1) is 17.5. The molecule has 22 heavy (non-hydrogen) atoms. The Bertz CT molecular complexity index is 562. The highest BCUT2D eigenvalue weighted by molar-refractivity contribution is 6.08. The summed E-state index contributed by atoms with van der Waals surface area (Å²) >= 11 is 0. The molecule has 0 spiro atoms. The fraction of sp³-hybridized carbons (Fsp3) is 0.500. The normalized spacial score (nSPS) is 10.0. The molecule has 0 atom stereocenters. The van der Waals surface area contributed by atoms with Crippen molar-refractivity contribution in [1.82, 2.24) is 0 Å². The second kappa shape index (κ2) is 8.06. The standard InChI is InChI=1S/C14H19NO7/c1-5-19-12(16)9-8(4)22-11(15-14(18)21-7-3)10(9)13(17)20-6-2/h5-7H2,1-4H3,(H,15,18). The molecule has 122 valence electrons. The third-order valence-corrected chi connectivity index (χ3v) is 2.53. The predicted octanol–water partition coefficient (Wildman–Crippen LogP) is 2.51. The van der Waals surface area contributed by atoms with Gasteiger partial charge in [0.1, 0.15) is 16.9 Å². The van der Waals surface area contributed by atoms with Crippen LogP contribution in [0.5, 0.6) is 0 Å². The van der Waals surface area contributed by atoms with Crippen molar-refractivity contribution in [3.8, 4) is 0 Å². The Morgan fingerprint density at radius 1 is 0.909 bits per heavy atom. The Balaban J connectivity index is 3.26. The Morgan fingerprint density at radius 2 is 1.41 bits per heavy atom. The number of hydrogen-bond acceptors (Lipinski definition) is 7. The average Bonchev–Trinajstić information content (AvgIpc) is 2.75. The molecule has 0 aliphatic rings. The van der Waals surface area contributed by atoms with Crippen LogP contribution >= 0.6 is 0 Å². The lowest BCUT2D eigenvalue weighted by Gasteiger charge is -2.06. The molecule has 1 rings (SSSR count). The number of amides is 1. The molecule has 1 heterocycles. The number of carbonyl (C=O) groups is 3. The summed E-state index contributed by atoms with van der Waals surface area (Å²) in [4.78, 5) is 35.6. The number of aryl methyl sites for hydroxylation is 1. The number of anilines is 1. The minimum absolute atomic E-state index is 0.0768. The molecular weight excluding hydrogens is 294 g/mol. The van der Waals surface area contributed by atoms with Crippen molar-refractivity contribution < 1.29 is 33.0 Å². The molecule has 0 saturated heterocycles. The average molecular weight is 313 g/mol. The third-order valence-electron chi connectivity index (χ3n) is 2.53. The molecule has 0 unspecified atom stereocenters. The quantitative estimate of drug-likeness (QED) is 0.635. The van der Waals surface area contributed by atoms with Crippen LogP contribution in [-0.4, -0.2) is 37.9 Å². The van der Waals surface area contributed by atoms with Gasteiger partial charge in [0.25, 0.3) is 0 Å². The third kappa shape index (κ3) is 4.00. The molecule has 8 heteroatoms. The molecule has 1 aromatic heterocycles. The second-order valence-electron chi connectivity index (χ2n) is 4.02. The lowest BCUT2D eigenvalue weighted by molar-refractivity contribution is 0.0480. The molecule has 1 amide bonds. The van der Waals surface area contributed by atoms with Gasteiger partial charge in [0, 0.05) is 0 Å². The van der Waals surface area contributed by atoms with Crippen molar-refractivity contribution in [1.29, 1.82) is 0 Å². The highest BCUT2D eigenvalue weighted by atomic mass is 16.6. The first-order valence-corrected chi connectivity index (χ1v) is 6.87. The van der Waals surface area contributed by atoms with Crippen LogP contribution in [0.1, 0.15) is 47.2 Å². The number of hydrogen-bond donors (Lipinski definition) is 1. The van der Waals surface area contributed by atoms with E-state index in [1.54, 1.807) is 20.8 Å². The molecule has 8 nitrogen and oxygen atoms in total. The highest BCUT2D eigenvalue weighted by Crippen LogP contribution is 2.29. The van der Waals surface area contributed by atoms with Gasteiger partial charge in [0.2, 0.25) is 5.88 Å². The van der Waals surface area contributed by atoms with E-state index in [4.69, 9.17) is 18.6 Å². The molecule has 0 saturated carbocycles. The van der Waals surface area contributed by atoms with Crippen molar-refractivity contribution in [2.24, 2.45) is 0 Å². The Kier molecular flexibility index (Phi) is 6.43. The number of ether oxygens (including phenoxy) is 3. The van der Waals surface area contributed by atoms with Gasteiger partial charge in [-0.3, -0.25) is 5.32 Å². The van der Waals surface area contributed by atoms with E-state index in [2.05, 4.69) is 5.32 Å². The Labute approximate surface area is 127 Å². The topological polar surface area (TPSA) is 104 Å². The van der Waals surface area contributed by atoms with E-state index in [1.807, 2.05) is 0 Å². The summed E-state index contributed by atoms with van der Waals surface area (Å²) in [5.74, 6) is -1.61. The van der Waals surface area contributed by atoms with E-state index in [1.165, 1.54) is 6.92 Å². The molecule has 0 bridgehead atoms. The summed E-state index contributed by atoms with van der Waals surface area (Å²) < 4.78 is 19.8. The summed E-state index contributed by atoms with van der Waals surface area (Å²) in [5, 5.41) is 2.27. The number of carbonyl (C=O) groups excluding carboxylic acids is 3. The zero-order valence-electron chi connectivity index (χ0n) is 13.0. The minimum Gasteiger partial charge on any atom is -0.462 e. The van der Waals surface area contributed by atoms with E-state index in [-0.39, 0.29) is 42.6 Å². The van der Waals surface area contributed by atoms with E-state index < -0.39 is 18.0 Å². The van der Waals surface area contributed by atoms with Gasteiger partial charge >= 0.3 is 18.0 Å². The van der Waals surface area contributed by atoms with Crippen molar-refractivity contribution in [2.75, 3.05) is 25.1 Å². The molecular formula is C14H19NO7. The number of nitrogens with one attached hydrogen (secondary N) is 1. The molecule has 0 aromatic carbocycles. The molecule has 0 aliphatic heterocycles. The molecule has 1 N–H and O–H groups in total. The maximum atomic E-state index is 12.1. The molecule has 0 radical (unpaired) electrons. The van der Waals surface area contributed by atoms with Crippen molar-refractivity contribution in [3.63, 3.8) is 0 Å². The van der Waals surface area contributed by atoms with Crippen LogP contribution in [0.15, 0.2) is 4.42 Å². The van der Waals surface area contributed by atoms with Crippen molar-refractivity contribution in [3.05, 3.63) is 16.9 Å². The first-order valence-electron chi connectivity index (χ1n) is 6.87. The van der Waals surface area contributed by atoms with Gasteiger partial charge in [-0.05, 0) is 27.7 Å². The van der Waals surface area contributed by atoms with E-state index >= 15 is 0 Å². The first-order chi connectivity index (χ1) is 10.5. The smallest absolute Gasteiger partial charge is 0.413 e. The lowest BCUT2D eigenvalue weighted by Crippen LogP contribution is -2.18. The fourth-order valence-electron chi connectivity index (χ4n) is 1.74. The number of furan rings is 1. The summed E-state index contributed by atoms with van der Waals surface area (Å²) in [5.41, 5.74) is -0.266. The van der Waals surface area contributed by atoms with Gasteiger partial charge in [-0.15, -0.1) is 0 Å². The Hall–Kier alpha value is -2.51. The summed E-state index contributed by atoms with van der Waals surface area (Å²) in [6.07, 6.45) is -0.808. The van der Waals surface area contributed by atoms with Crippen LogP contribution in [0.3, 0.4) is 0 Å².